The molecule has 2 aromatic rings. The van der Waals surface area contributed by atoms with Crippen LogP contribution in [0.1, 0.15) is 12.5 Å². The molecule has 8 heteroatoms. The number of methoxy groups -OCH3 is 4. The molecule has 1 amide bonds. The molecule has 1 aliphatic heterocycles. The Hall–Kier alpha value is -3.45. The van der Waals surface area contributed by atoms with Crippen molar-refractivity contribution >= 4 is 35.2 Å². The summed E-state index contributed by atoms with van der Waals surface area (Å²) in [5.41, 5.74) is 1.82. The summed E-state index contributed by atoms with van der Waals surface area (Å²) < 4.78 is 20.8. The first-order valence-corrected chi connectivity index (χ1v) is 9.65. The molecule has 0 radical (unpaired) electrons. The number of carbonyl (C=O) groups is 2. The van der Waals surface area contributed by atoms with Crippen molar-refractivity contribution in [2.24, 2.45) is 0 Å². The summed E-state index contributed by atoms with van der Waals surface area (Å²) >= 11 is 6.25. The maximum absolute atomic E-state index is 13.4. The van der Waals surface area contributed by atoms with Crippen molar-refractivity contribution in [2.75, 3.05) is 33.3 Å². The van der Waals surface area contributed by atoms with Crippen LogP contribution in [-0.4, -0.2) is 40.3 Å². The number of rotatable bonds is 6. The van der Waals surface area contributed by atoms with Crippen LogP contribution in [0.4, 0.5) is 5.69 Å². The summed E-state index contributed by atoms with van der Waals surface area (Å²) in [6.45, 7) is 1.67. The summed E-state index contributed by atoms with van der Waals surface area (Å²) in [4.78, 5) is 27.4. The van der Waals surface area contributed by atoms with E-state index in [0.717, 1.165) is 0 Å². The van der Waals surface area contributed by atoms with Gasteiger partial charge in [0.2, 0.25) is 0 Å². The lowest BCUT2D eigenvalue weighted by Crippen LogP contribution is -2.24. The maximum Gasteiger partial charge on any atom is 0.340 e. The molecule has 3 rings (SSSR count). The number of ether oxygens (including phenoxy) is 4. The third kappa shape index (κ3) is 4.09. The summed E-state index contributed by atoms with van der Waals surface area (Å²) in [7, 11) is 5.83. The lowest BCUT2D eigenvalue weighted by atomic mass is 10.0. The average Bonchev–Trinajstić information content (AvgIpc) is 3.02. The highest BCUT2D eigenvalue weighted by molar-refractivity contribution is 6.32. The van der Waals surface area contributed by atoms with Crippen LogP contribution in [0.2, 0.25) is 5.02 Å². The molecule has 0 N–H and O–H groups in total. The Balaban J connectivity index is 2.18. The maximum atomic E-state index is 13.4. The van der Waals surface area contributed by atoms with Gasteiger partial charge in [-0.25, -0.2) is 4.79 Å². The van der Waals surface area contributed by atoms with Crippen LogP contribution in [0.5, 0.6) is 17.2 Å². The molecule has 2 aromatic carbocycles. The van der Waals surface area contributed by atoms with E-state index in [2.05, 4.69) is 0 Å². The van der Waals surface area contributed by atoms with E-state index in [9.17, 15) is 9.59 Å². The molecule has 162 valence electrons. The van der Waals surface area contributed by atoms with Crippen LogP contribution < -0.4 is 19.1 Å². The van der Waals surface area contributed by atoms with Gasteiger partial charge in [0, 0.05) is 11.3 Å². The second-order valence-electron chi connectivity index (χ2n) is 6.58. The lowest BCUT2D eigenvalue weighted by molar-refractivity contribution is -0.136. The van der Waals surface area contributed by atoms with Crippen molar-refractivity contribution in [3.05, 3.63) is 63.8 Å². The fourth-order valence-electron chi connectivity index (χ4n) is 3.39. The molecule has 0 unspecified atom stereocenters. The molecule has 31 heavy (non-hydrogen) atoms. The summed E-state index contributed by atoms with van der Waals surface area (Å²) in [6.07, 6.45) is 1.59. The van der Waals surface area contributed by atoms with E-state index in [1.54, 1.807) is 56.5 Å². The number of nitrogens with zero attached hydrogens (tertiary/aromatic N) is 1. The zero-order chi connectivity index (χ0) is 22.7. The third-order valence-electron chi connectivity index (χ3n) is 4.92. The molecule has 0 aromatic heterocycles. The summed E-state index contributed by atoms with van der Waals surface area (Å²) in [6, 6.07) is 10.1. The fourth-order valence-corrected chi connectivity index (χ4v) is 3.64. The molecule has 0 bridgehead atoms. The van der Waals surface area contributed by atoms with Gasteiger partial charge in [-0.15, -0.1) is 0 Å². The normalized spacial score (nSPS) is 14.8. The molecule has 0 saturated carbocycles. The Morgan fingerprint density at radius 3 is 2.23 bits per heavy atom. The Labute approximate surface area is 185 Å². The van der Waals surface area contributed by atoms with E-state index in [0.29, 0.717) is 39.2 Å². The van der Waals surface area contributed by atoms with E-state index < -0.39 is 11.9 Å². The minimum Gasteiger partial charge on any atom is -0.497 e. The highest BCUT2D eigenvalue weighted by atomic mass is 35.5. The monoisotopic (exact) mass is 443 g/mol. The van der Waals surface area contributed by atoms with Crippen LogP contribution in [0.25, 0.3) is 6.08 Å². The second-order valence-corrected chi connectivity index (χ2v) is 6.98. The Kier molecular flexibility index (Phi) is 6.56. The number of halogens is 1. The SMILES string of the molecule is COC(=O)C1=C(C)N(c2ccc(OC)c(Cl)c2)C(=O)C1=Cc1cc(OC)ccc1OC. The molecule has 1 aliphatic rings. The van der Waals surface area contributed by atoms with Gasteiger partial charge >= 0.3 is 5.97 Å². The van der Waals surface area contributed by atoms with Gasteiger partial charge in [-0.1, -0.05) is 11.6 Å². The van der Waals surface area contributed by atoms with Gasteiger partial charge in [-0.05, 0) is 49.4 Å². The first-order valence-electron chi connectivity index (χ1n) is 9.27. The first-order chi connectivity index (χ1) is 14.9. The van der Waals surface area contributed by atoms with Crippen LogP contribution >= 0.6 is 11.6 Å². The van der Waals surface area contributed by atoms with E-state index in [4.69, 9.17) is 30.5 Å². The molecule has 1 heterocycles. The number of allylic oxidation sites excluding steroid dienone is 1. The minimum absolute atomic E-state index is 0.157. The highest BCUT2D eigenvalue weighted by Crippen LogP contribution is 2.39. The highest BCUT2D eigenvalue weighted by Gasteiger charge is 2.38. The number of amides is 1. The molecule has 0 fully saturated rings. The van der Waals surface area contributed by atoms with E-state index in [1.165, 1.54) is 26.2 Å². The second kappa shape index (κ2) is 9.14. The zero-order valence-electron chi connectivity index (χ0n) is 17.8. The molecule has 0 atom stereocenters. The predicted octanol–water partition coefficient (Wildman–Crippen LogP) is 4.24. The van der Waals surface area contributed by atoms with Crippen LogP contribution in [-0.2, 0) is 14.3 Å². The number of anilines is 1. The topological polar surface area (TPSA) is 74.3 Å². The van der Waals surface area contributed by atoms with Gasteiger partial charge in [0.1, 0.15) is 17.2 Å². The third-order valence-corrected chi connectivity index (χ3v) is 5.22. The van der Waals surface area contributed by atoms with Crippen molar-refractivity contribution in [1.29, 1.82) is 0 Å². The van der Waals surface area contributed by atoms with Gasteiger partial charge in [0.05, 0.1) is 50.3 Å². The minimum atomic E-state index is -0.624. The van der Waals surface area contributed by atoms with Gasteiger partial charge in [-0.3, -0.25) is 9.69 Å². The molecule has 0 saturated heterocycles. The van der Waals surface area contributed by atoms with E-state index in [1.807, 2.05) is 0 Å². The lowest BCUT2D eigenvalue weighted by Gasteiger charge is -2.19. The summed E-state index contributed by atoms with van der Waals surface area (Å²) in [5.74, 6) is 0.556. The molecular formula is C23H22ClNO6. The van der Waals surface area contributed by atoms with Crippen molar-refractivity contribution in [3.8, 4) is 17.2 Å². The van der Waals surface area contributed by atoms with Crippen molar-refractivity contribution in [3.63, 3.8) is 0 Å². The summed E-state index contributed by atoms with van der Waals surface area (Å²) in [5, 5.41) is 0.340. The molecular weight excluding hydrogens is 422 g/mol. The quantitative estimate of drug-likeness (QED) is 0.491. The van der Waals surface area contributed by atoms with Gasteiger partial charge in [-0.2, -0.15) is 0 Å². The molecule has 0 spiro atoms. The number of benzene rings is 2. The number of hydrogen-bond donors (Lipinski definition) is 0. The fraction of sp³-hybridized carbons (Fsp3) is 0.217. The first kappa shape index (κ1) is 22.2. The van der Waals surface area contributed by atoms with Crippen LogP contribution in [0.3, 0.4) is 0 Å². The van der Waals surface area contributed by atoms with E-state index in [-0.39, 0.29) is 11.1 Å². The van der Waals surface area contributed by atoms with Crippen LogP contribution in [0.15, 0.2) is 53.2 Å². The Morgan fingerprint density at radius 2 is 1.65 bits per heavy atom. The molecule has 7 nitrogen and oxygen atoms in total. The number of hydrogen-bond acceptors (Lipinski definition) is 6. The Bertz CT molecular complexity index is 1110. The van der Waals surface area contributed by atoms with Gasteiger partial charge in [0.25, 0.3) is 5.91 Å². The standard InChI is InChI=1S/C23H22ClNO6/c1-13-21(23(27)31-5)17(11-14-10-16(28-2)7-9-19(14)29-3)22(26)25(13)15-6-8-20(30-4)18(24)12-15/h6-12H,1-5H3. The van der Waals surface area contributed by atoms with E-state index >= 15 is 0 Å². The van der Waals surface area contributed by atoms with Crippen LogP contribution in [0, 0.1) is 0 Å². The smallest absolute Gasteiger partial charge is 0.340 e. The predicted molar refractivity (Wildman–Crippen MR) is 118 cm³/mol. The average molecular weight is 444 g/mol. The van der Waals surface area contributed by atoms with Crippen molar-refractivity contribution in [2.45, 2.75) is 6.92 Å². The largest absolute Gasteiger partial charge is 0.497 e. The van der Waals surface area contributed by atoms with Crippen molar-refractivity contribution in [1.82, 2.24) is 0 Å². The Morgan fingerprint density at radius 1 is 0.968 bits per heavy atom. The molecule has 0 aliphatic carbocycles. The van der Waals surface area contributed by atoms with Crippen molar-refractivity contribution < 1.29 is 28.5 Å². The number of esters is 1. The van der Waals surface area contributed by atoms with Gasteiger partial charge in [0.15, 0.2) is 0 Å². The number of carbonyl (C=O) groups excluding carboxylic acids is 2. The van der Waals surface area contributed by atoms with Gasteiger partial charge < -0.3 is 18.9 Å². The zero-order valence-corrected chi connectivity index (χ0v) is 18.6.